The molecule has 1 aliphatic carbocycles. The summed E-state index contributed by atoms with van der Waals surface area (Å²) >= 11 is 6.07. The van der Waals surface area contributed by atoms with E-state index in [1.807, 2.05) is 18.2 Å². The monoisotopic (exact) mass is 275 g/mol. The highest BCUT2D eigenvalue weighted by Crippen LogP contribution is 2.33. The van der Waals surface area contributed by atoms with Crippen molar-refractivity contribution in [2.75, 3.05) is 0 Å². The standard InChI is InChI=1S/C16H18ClNO/c1-11(12-4-2-5-13(17)10-12)18-9-8-14-15(18)6-3-7-16(14)19/h2,4-5,8-11,16,19H,3,6-7H2,1H3. The van der Waals surface area contributed by atoms with Crippen molar-refractivity contribution in [1.82, 2.24) is 4.57 Å². The second-order valence-electron chi connectivity index (χ2n) is 5.26. The number of hydrogen-bond acceptors (Lipinski definition) is 1. The summed E-state index contributed by atoms with van der Waals surface area (Å²) < 4.78 is 2.27. The van der Waals surface area contributed by atoms with Crippen LogP contribution in [-0.2, 0) is 6.42 Å². The Morgan fingerprint density at radius 2 is 2.21 bits per heavy atom. The number of halogens is 1. The van der Waals surface area contributed by atoms with Crippen LogP contribution in [0, 0.1) is 0 Å². The molecule has 19 heavy (non-hydrogen) atoms. The molecule has 2 atom stereocenters. The van der Waals surface area contributed by atoms with Crippen molar-refractivity contribution >= 4 is 11.6 Å². The number of fused-ring (bicyclic) bond motifs is 1. The first-order chi connectivity index (χ1) is 9.16. The van der Waals surface area contributed by atoms with Crippen molar-refractivity contribution in [2.24, 2.45) is 0 Å². The first-order valence-electron chi connectivity index (χ1n) is 6.80. The van der Waals surface area contributed by atoms with Crippen LogP contribution in [0.3, 0.4) is 0 Å². The third-order valence-electron chi connectivity index (χ3n) is 4.06. The van der Waals surface area contributed by atoms with Gasteiger partial charge in [-0.1, -0.05) is 23.7 Å². The Balaban J connectivity index is 1.99. The van der Waals surface area contributed by atoms with E-state index in [0.29, 0.717) is 0 Å². The summed E-state index contributed by atoms with van der Waals surface area (Å²) in [4.78, 5) is 0. The molecule has 1 aromatic carbocycles. The van der Waals surface area contributed by atoms with Gasteiger partial charge in [-0.05, 0) is 49.9 Å². The van der Waals surface area contributed by atoms with Gasteiger partial charge in [0.25, 0.3) is 0 Å². The van der Waals surface area contributed by atoms with Gasteiger partial charge in [0.2, 0.25) is 0 Å². The third kappa shape index (κ3) is 2.31. The molecule has 1 aliphatic rings. The van der Waals surface area contributed by atoms with Crippen LogP contribution in [0.25, 0.3) is 0 Å². The molecule has 3 rings (SSSR count). The summed E-state index contributed by atoms with van der Waals surface area (Å²) in [5, 5.41) is 10.8. The zero-order valence-corrected chi connectivity index (χ0v) is 11.8. The zero-order chi connectivity index (χ0) is 13.4. The fraction of sp³-hybridized carbons (Fsp3) is 0.375. The third-order valence-corrected chi connectivity index (χ3v) is 4.29. The Morgan fingerprint density at radius 1 is 1.37 bits per heavy atom. The predicted molar refractivity (Wildman–Crippen MR) is 77.6 cm³/mol. The lowest BCUT2D eigenvalue weighted by atomic mass is 9.95. The predicted octanol–water partition coefficient (Wildman–Crippen LogP) is 4.12. The molecule has 1 heterocycles. The number of nitrogens with zero attached hydrogens (tertiary/aromatic N) is 1. The quantitative estimate of drug-likeness (QED) is 0.876. The van der Waals surface area contributed by atoms with Crippen LogP contribution in [0.5, 0.6) is 0 Å². The molecule has 0 spiro atoms. The summed E-state index contributed by atoms with van der Waals surface area (Å²) in [5.74, 6) is 0. The molecule has 0 fully saturated rings. The smallest absolute Gasteiger partial charge is 0.0807 e. The minimum atomic E-state index is -0.295. The number of rotatable bonds is 2. The number of aliphatic hydroxyl groups is 1. The molecule has 100 valence electrons. The van der Waals surface area contributed by atoms with Gasteiger partial charge in [-0.25, -0.2) is 0 Å². The number of benzene rings is 1. The summed E-state index contributed by atoms with van der Waals surface area (Å²) in [7, 11) is 0. The molecule has 2 nitrogen and oxygen atoms in total. The average Bonchev–Trinajstić information content (AvgIpc) is 2.83. The second kappa shape index (κ2) is 5.03. The maximum absolute atomic E-state index is 10.0. The van der Waals surface area contributed by atoms with Gasteiger partial charge in [0.05, 0.1) is 12.1 Å². The molecule has 1 aromatic heterocycles. The van der Waals surface area contributed by atoms with Gasteiger partial charge < -0.3 is 9.67 Å². The summed E-state index contributed by atoms with van der Waals surface area (Å²) in [5.41, 5.74) is 3.57. The first-order valence-corrected chi connectivity index (χ1v) is 7.18. The maximum atomic E-state index is 10.0. The van der Waals surface area contributed by atoms with Gasteiger partial charge in [0.1, 0.15) is 0 Å². The lowest BCUT2D eigenvalue weighted by molar-refractivity contribution is 0.155. The molecule has 0 bridgehead atoms. The lowest BCUT2D eigenvalue weighted by Crippen LogP contribution is -2.15. The molecule has 0 saturated heterocycles. The van der Waals surface area contributed by atoms with Crippen molar-refractivity contribution in [3.8, 4) is 0 Å². The van der Waals surface area contributed by atoms with E-state index in [2.05, 4.69) is 29.8 Å². The Morgan fingerprint density at radius 3 is 3.00 bits per heavy atom. The molecule has 0 radical (unpaired) electrons. The highest BCUT2D eigenvalue weighted by atomic mass is 35.5. The maximum Gasteiger partial charge on any atom is 0.0807 e. The van der Waals surface area contributed by atoms with Crippen molar-refractivity contribution in [2.45, 2.75) is 38.3 Å². The average molecular weight is 276 g/mol. The van der Waals surface area contributed by atoms with Crippen LogP contribution in [0.4, 0.5) is 0 Å². The van der Waals surface area contributed by atoms with Gasteiger partial charge in [0.15, 0.2) is 0 Å². The molecule has 0 saturated carbocycles. The normalized spacial score (nSPS) is 20.1. The topological polar surface area (TPSA) is 25.2 Å². The highest BCUT2D eigenvalue weighted by molar-refractivity contribution is 6.30. The van der Waals surface area contributed by atoms with Crippen molar-refractivity contribution in [3.05, 3.63) is 58.4 Å². The van der Waals surface area contributed by atoms with Crippen LogP contribution >= 0.6 is 11.6 Å². The number of aliphatic hydroxyl groups excluding tert-OH is 1. The van der Waals surface area contributed by atoms with E-state index >= 15 is 0 Å². The van der Waals surface area contributed by atoms with E-state index in [1.165, 1.54) is 11.3 Å². The van der Waals surface area contributed by atoms with Crippen LogP contribution in [0.2, 0.25) is 5.02 Å². The Kier molecular flexibility index (Phi) is 3.38. The van der Waals surface area contributed by atoms with Crippen molar-refractivity contribution in [3.63, 3.8) is 0 Å². The molecule has 3 heteroatoms. The van der Waals surface area contributed by atoms with Crippen molar-refractivity contribution in [1.29, 1.82) is 0 Å². The number of hydrogen-bond donors (Lipinski definition) is 1. The Labute approximate surface area is 118 Å². The van der Waals surface area contributed by atoms with Crippen LogP contribution in [0.1, 0.15) is 48.7 Å². The summed E-state index contributed by atoms with van der Waals surface area (Å²) in [6, 6.07) is 10.3. The lowest BCUT2D eigenvalue weighted by Gasteiger charge is -2.23. The second-order valence-corrected chi connectivity index (χ2v) is 5.70. The van der Waals surface area contributed by atoms with Gasteiger partial charge in [-0.15, -0.1) is 0 Å². The molecule has 0 aliphatic heterocycles. The molecule has 2 unspecified atom stereocenters. The van der Waals surface area contributed by atoms with Crippen LogP contribution in [0.15, 0.2) is 36.5 Å². The SMILES string of the molecule is CC(c1cccc(Cl)c1)n1ccc2c1CCCC2O. The van der Waals surface area contributed by atoms with Gasteiger partial charge in [-0.3, -0.25) is 0 Å². The van der Waals surface area contributed by atoms with Gasteiger partial charge in [0, 0.05) is 22.5 Å². The largest absolute Gasteiger partial charge is 0.388 e. The van der Waals surface area contributed by atoms with Gasteiger partial charge >= 0.3 is 0 Å². The van der Waals surface area contributed by atoms with Crippen LogP contribution in [-0.4, -0.2) is 9.67 Å². The molecular formula is C16H18ClNO. The number of aromatic nitrogens is 1. The van der Waals surface area contributed by atoms with E-state index < -0.39 is 0 Å². The first kappa shape index (κ1) is 12.8. The fourth-order valence-electron chi connectivity index (χ4n) is 2.98. The zero-order valence-electron chi connectivity index (χ0n) is 11.0. The minimum absolute atomic E-state index is 0.243. The molecule has 0 amide bonds. The fourth-order valence-corrected chi connectivity index (χ4v) is 3.18. The Bertz CT molecular complexity index is 590. The minimum Gasteiger partial charge on any atom is -0.388 e. The van der Waals surface area contributed by atoms with E-state index in [1.54, 1.807) is 0 Å². The van der Waals surface area contributed by atoms with E-state index in [0.717, 1.165) is 29.8 Å². The molecular weight excluding hydrogens is 258 g/mol. The summed E-state index contributed by atoms with van der Waals surface area (Å²) in [6.07, 6.45) is 4.77. The van der Waals surface area contributed by atoms with Gasteiger partial charge in [-0.2, -0.15) is 0 Å². The molecule has 1 N–H and O–H groups in total. The van der Waals surface area contributed by atoms with E-state index in [-0.39, 0.29) is 12.1 Å². The van der Waals surface area contributed by atoms with Crippen molar-refractivity contribution < 1.29 is 5.11 Å². The van der Waals surface area contributed by atoms with E-state index in [4.69, 9.17) is 11.6 Å². The van der Waals surface area contributed by atoms with Crippen LogP contribution < -0.4 is 0 Å². The summed E-state index contributed by atoms with van der Waals surface area (Å²) in [6.45, 7) is 2.17. The molecule has 2 aromatic rings. The Hall–Kier alpha value is -1.25. The highest BCUT2D eigenvalue weighted by Gasteiger charge is 2.23. The van der Waals surface area contributed by atoms with E-state index in [9.17, 15) is 5.11 Å².